The lowest BCUT2D eigenvalue weighted by Gasteiger charge is -2.21. The largest absolute Gasteiger partial charge is 0.384 e. The molecule has 0 saturated heterocycles. The molecule has 0 aromatic heterocycles. The molecule has 0 spiro atoms. The number of benzene rings is 1. The van der Waals surface area contributed by atoms with Crippen LogP contribution in [0, 0.1) is 6.92 Å². The molecule has 110 valence electrons. The van der Waals surface area contributed by atoms with Crippen molar-refractivity contribution < 1.29 is 0 Å². The highest BCUT2D eigenvalue weighted by atomic mass is 15.1. The van der Waals surface area contributed by atoms with Crippen molar-refractivity contribution in [1.82, 2.24) is 10.2 Å². The Morgan fingerprint density at radius 1 is 1.20 bits per heavy atom. The zero-order chi connectivity index (χ0) is 14.8. The van der Waals surface area contributed by atoms with Crippen molar-refractivity contribution in [2.45, 2.75) is 26.7 Å². The minimum atomic E-state index is 0.934. The molecule has 0 aliphatic heterocycles. The summed E-state index contributed by atoms with van der Waals surface area (Å²) in [6, 6.07) is 8.48. The third-order valence-electron chi connectivity index (χ3n) is 3.36. The first kappa shape index (κ1) is 16.5. The van der Waals surface area contributed by atoms with Crippen molar-refractivity contribution in [2.24, 2.45) is 0 Å². The molecule has 0 unspecified atom stereocenters. The predicted octanol–water partition coefficient (Wildman–Crippen LogP) is 3.84. The minimum Gasteiger partial charge on any atom is -0.384 e. The lowest BCUT2D eigenvalue weighted by molar-refractivity contribution is 0.283. The smallest absolute Gasteiger partial charge is 0.0341 e. The van der Waals surface area contributed by atoms with E-state index in [4.69, 9.17) is 0 Å². The van der Waals surface area contributed by atoms with E-state index in [1.165, 1.54) is 17.5 Å². The Morgan fingerprint density at radius 3 is 2.50 bits per heavy atom. The van der Waals surface area contributed by atoms with E-state index >= 15 is 0 Å². The molecule has 0 bridgehead atoms. The molecule has 20 heavy (non-hydrogen) atoms. The van der Waals surface area contributed by atoms with E-state index in [2.05, 4.69) is 61.5 Å². The molecule has 0 fully saturated rings. The maximum Gasteiger partial charge on any atom is 0.0341 e. The molecule has 0 saturated carbocycles. The molecule has 0 radical (unpaired) electrons. The van der Waals surface area contributed by atoms with Crippen LogP contribution in [0.5, 0.6) is 0 Å². The van der Waals surface area contributed by atoms with Gasteiger partial charge in [-0.1, -0.05) is 49.4 Å². The second-order valence-corrected chi connectivity index (χ2v) is 5.19. The average Bonchev–Trinajstić information content (AvgIpc) is 2.45. The molecule has 2 heteroatoms. The van der Waals surface area contributed by atoms with Crippen molar-refractivity contribution in [2.75, 3.05) is 26.2 Å². The Morgan fingerprint density at radius 2 is 1.90 bits per heavy atom. The Labute approximate surface area is 124 Å². The van der Waals surface area contributed by atoms with Crippen LogP contribution in [0.15, 0.2) is 43.5 Å². The third-order valence-corrected chi connectivity index (χ3v) is 3.36. The van der Waals surface area contributed by atoms with Crippen LogP contribution in [0.25, 0.3) is 5.70 Å². The fraction of sp³-hybridized carbons (Fsp3) is 0.444. The van der Waals surface area contributed by atoms with Gasteiger partial charge in [0.1, 0.15) is 0 Å². The predicted molar refractivity (Wildman–Crippen MR) is 89.8 cm³/mol. The van der Waals surface area contributed by atoms with Crippen LogP contribution >= 0.6 is 0 Å². The van der Waals surface area contributed by atoms with Crippen molar-refractivity contribution in [1.29, 1.82) is 0 Å². The van der Waals surface area contributed by atoms with Crippen LogP contribution in [0.4, 0.5) is 0 Å². The van der Waals surface area contributed by atoms with Gasteiger partial charge in [0.2, 0.25) is 0 Å². The second kappa shape index (κ2) is 9.38. The van der Waals surface area contributed by atoms with Crippen molar-refractivity contribution in [3.05, 3.63) is 54.6 Å². The van der Waals surface area contributed by atoms with E-state index in [1.807, 2.05) is 6.08 Å². The van der Waals surface area contributed by atoms with Crippen LogP contribution in [0.2, 0.25) is 0 Å². The van der Waals surface area contributed by atoms with Gasteiger partial charge in [0.25, 0.3) is 0 Å². The molecule has 0 heterocycles. The SMILES string of the molecule is C=CCCN(CCC)CCNC(=C)c1ccc(C)cc1. The summed E-state index contributed by atoms with van der Waals surface area (Å²) >= 11 is 0. The molecule has 2 nitrogen and oxygen atoms in total. The zero-order valence-electron chi connectivity index (χ0n) is 13.0. The van der Waals surface area contributed by atoms with Crippen LogP contribution in [0.1, 0.15) is 30.9 Å². The van der Waals surface area contributed by atoms with E-state index < -0.39 is 0 Å². The van der Waals surface area contributed by atoms with Gasteiger partial charge in [-0.15, -0.1) is 6.58 Å². The number of nitrogens with one attached hydrogen (secondary N) is 1. The van der Waals surface area contributed by atoms with Gasteiger partial charge in [0.15, 0.2) is 0 Å². The first-order valence-corrected chi connectivity index (χ1v) is 7.50. The van der Waals surface area contributed by atoms with Crippen LogP contribution < -0.4 is 5.32 Å². The van der Waals surface area contributed by atoms with Gasteiger partial charge in [0.05, 0.1) is 0 Å². The summed E-state index contributed by atoms with van der Waals surface area (Å²) in [7, 11) is 0. The van der Waals surface area contributed by atoms with Gasteiger partial charge in [-0.25, -0.2) is 0 Å². The van der Waals surface area contributed by atoms with Crippen molar-refractivity contribution in [3.8, 4) is 0 Å². The Bertz CT molecular complexity index is 406. The fourth-order valence-corrected chi connectivity index (χ4v) is 2.15. The molecule has 1 N–H and O–H groups in total. The summed E-state index contributed by atoms with van der Waals surface area (Å²) < 4.78 is 0. The Balaban J connectivity index is 2.35. The summed E-state index contributed by atoms with van der Waals surface area (Å²) in [6.45, 7) is 16.4. The van der Waals surface area contributed by atoms with E-state index in [0.29, 0.717) is 0 Å². The van der Waals surface area contributed by atoms with Gasteiger partial charge in [-0.05, 0) is 31.9 Å². The molecule has 1 aromatic carbocycles. The van der Waals surface area contributed by atoms with Crippen molar-refractivity contribution in [3.63, 3.8) is 0 Å². The quantitative estimate of drug-likeness (QED) is 0.651. The van der Waals surface area contributed by atoms with E-state index in [-0.39, 0.29) is 0 Å². The van der Waals surface area contributed by atoms with Gasteiger partial charge in [-0.3, -0.25) is 0 Å². The lowest BCUT2D eigenvalue weighted by Crippen LogP contribution is -2.32. The monoisotopic (exact) mass is 272 g/mol. The number of hydrogen-bond donors (Lipinski definition) is 1. The molecule has 0 amide bonds. The fourth-order valence-electron chi connectivity index (χ4n) is 2.15. The van der Waals surface area contributed by atoms with E-state index in [1.54, 1.807) is 0 Å². The summed E-state index contributed by atoms with van der Waals surface area (Å²) in [5, 5.41) is 3.42. The first-order chi connectivity index (χ1) is 9.67. The number of rotatable bonds is 10. The minimum absolute atomic E-state index is 0.934. The lowest BCUT2D eigenvalue weighted by atomic mass is 10.1. The molecule has 1 rings (SSSR count). The Hall–Kier alpha value is -1.54. The summed E-state index contributed by atoms with van der Waals surface area (Å²) in [4.78, 5) is 2.47. The van der Waals surface area contributed by atoms with E-state index in [9.17, 15) is 0 Å². The van der Waals surface area contributed by atoms with Crippen LogP contribution in [-0.2, 0) is 0 Å². The van der Waals surface area contributed by atoms with Crippen LogP contribution in [0.3, 0.4) is 0 Å². The molecular formula is C18H28N2. The maximum atomic E-state index is 4.11. The van der Waals surface area contributed by atoms with E-state index in [0.717, 1.165) is 38.3 Å². The van der Waals surface area contributed by atoms with Gasteiger partial charge >= 0.3 is 0 Å². The van der Waals surface area contributed by atoms with Crippen molar-refractivity contribution >= 4 is 5.70 Å². The molecule has 0 atom stereocenters. The Kier molecular flexibility index (Phi) is 7.74. The highest BCUT2D eigenvalue weighted by Crippen LogP contribution is 2.10. The summed E-state index contributed by atoms with van der Waals surface area (Å²) in [6.07, 6.45) is 4.23. The maximum absolute atomic E-state index is 4.11. The first-order valence-electron chi connectivity index (χ1n) is 7.50. The third kappa shape index (κ3) is 6.07. The molecule has 0 aliphatic rings. The standard InChI is InChI=1S/C18H28N2/c1-5-7-14-20(13-6-2)15-12-19-17(4)18-10-8-16(3)9-11-18/h5,8-11,19H,1,4,6-7,12-15H2,2-3H3. The molecule has 0 aliphatic carbocycles. The second-order valence-electron chi connectivity index (χ2n) is 5.19. The summed E-state index contributed by atoms with van der Waals surface area (Å²) in [5.74, 6) is 0. The normalized spacial score (nSPS) is 10.6. The number of hydrogen-bond acceptors (Lipinski definition) is 2. The van der Waals surface area contributed by atoms with Crippen LogP contribution in [-0.4, -0.2) is 31.1 Å². The average molecular weight is 272 g/mol. The molecule has 1 aromatic rings. The highest BCUT2D eigenvalue weighted by molar-refractivity contribution is 5.61. The summed E-state index contributed by atoms with van der Waals surface area (Å²) in [5.41, 5.74) is 3.45. The number of nitrogens with zero attached hydrogens (tertiary/aromatic N) is 1. The molecular weight excluding hydrogens is 244 g/mol. The van der Waals surface area contributed by atoms with Gasteiger partial charge in [-0.2, -0.15) is 0 Å². The highest BCUT2D eigenvalue weighted by Gasteiger charge is 2.03. The number of aryl methyl sites for hydroxylation is 1. The van der Waals surface area contributed by atoms with Gasteiger partial charge in [0, 0.05) is 25.3 Å². The zero-order valence-corrected chi connectivity index (χ0v) is 13.0. The topological polar surface area (TPSA) is 15.3 Å². The van der Waals surface area contributed by atoms with Gasteiger partial charge < -0.3 is 10.2 Å².